The van der Waals surface area contributed by atoms with Gasteiger partial charge in [-0.15, -0.1) is 0 Å². The Hall–Kier alpha value is -2.63. The fourth-order valence-corrected chi connectivity index (χ4v) is 4.40. The van der Waals surface area contributed by atoms with Crippen molar-refractivity contribution in [1.82, 2.24) is 19.5 Å². The van der Waals surface area contributed by atoms with Crippen molar-refractivity contribution in [3.8, 4) is 0 Å². The lowest BCUT2D eigenvalue weighted by atomic mass is 9.78. The number of carbonyl (C=O) groups is 1. The molecular weight excluding hydrogens is 340 g/mol. The Morgan fingerprint density at radius 1 is 1.26 bits per heavy atom. The van der Waals surface area contributed by atoms with Gasteiger partial charge in [0.15, 0.2) is 5.65 Å². The summed E-state index contributed by atoms with van der Waals surface area (Å²) in [6, 6.07) is 9.50. The predicted octanol–water partition coefficient (Wildman–Crippen LogP) is 2.90. The van der Waals surface area contributed by atoms with E-state index < -0.39 is 0 Å². The number of nitrogens with one attached hydrogen (secondary N) is 1. The molecule has 0 unspecified atom stereocenters. The van der Waals surface area contributed by atoms with E-state index in [1.165, 1.54) is 12.5 Å². The molecule has 1 aromatic carbocycles. The highest BCUT2D eigenvalue weighted by Crippen LogP contribution is 2.29. The fourth-order valence-electron chi connectivity index (χ4n) is 4.40. The topological polar surface area (TPSA) is 68.4 Å². The highest BCUT2D eigenvalue weighted by molar-refractivity contribution is 5.93. The second-order valence-electron chi connectivity index (χ2n) is 7.89. The quantitative estimate of drug-likeness (QED) is 0.775. The summed E-state index contributed by atoms with van der Waals surface area (Å²) in [6.07, 6.45) is 3.44. The number of aryl methyl sites for hydroxylation is 1. The summed E-state index contributed by atoms with van der Waals surface area (Å²) in [5.41, 5.74) is 2.01. The minimum atomic E-state index is -0.259. The van der Waals surface area contributed by atoms with Crippen molar-refractivity contribution in [3.05, 3.63) is 46.4 Å². The van der Waals surface area contributed by atoms with Crippen LogP contribution in [0.1, 0.15) is 38.8 Å². The SMILES string of the molecule is Cc1cc(=O)nc2c3ccccc3n(CC(=O)N[C@@H]3CCC[C@@H](C)[C@@H]3C)n12. The van der Waals surface area contributed by atoms with Crippen molar-refractivity contribution in [1.29, 1.82) is 0 Å². The van der Waals surface area contributed by atoms with Crippen molar-refractivity contribution < 1.29 is 4.79 Å². The molecule has 3 aromatic rings. The maximum Gasteiger partial charge on any atom is 0.273 e. The Labute approximate surface area is 158 Å². The molecule has 0 radical (unpaired) electrons. The van der Waals surface area contributed by atoms with E-state index in [0.29, 0.717) is 17.5 Å². The second kappa shape index (κ2) is 6.83. The minimum Gasteiger partial charge on any atom is -0.351 e. The van der Waals surface area contributed by atoms with E-state index in [0.717, 1.165) is 29.4 Å². The normalized spacial score (nSPS) is 23.0. The van der Waals surface area contributed by atoms with E-state index in [4.69, 9.17) is 0 Å². The van der Waals surface area contributed by atoms with Gasteiger partial charge in [0, 0.05) is 23.2 Å². The summed E-state index contributed by atoms with van der Waals surface area (Å²) in [5.74, 6) is 1.12. The Bertz CT molecular complexity index is 1070. The van der Waals surface area contributed by atoms with Gasteiger partial charge in [-0.05, 0) is 37.3 Å². The largest absolute Gasteiger partial charge is 0.351 e. The molecule has 6 nitrogen and oxygen atoms in total. The van der Waals surface area contributed by atoms with E-state index in [1.807, 2.05) is 40.4 Å². The van der Waals surface area contributed by atoms with Crippen LogP contribution in [0.5, 0.6) is 0 Å². The van der Waals surface area contributed by atoms with Crippen molar-refractivity contribution in [3.63, 3.8) is 0 Å². The minimum absolute atomic E-state index is 0.00158. The van der Waals surface area contributed by atoms with Gasteiger partial charge in [-0.1, -0.05) is 38.8 Å². The molecular formula is C21H26N4O2. The third-order valence-electron chi connectivity index (χ3n) is 6.09. The third-order valence-corrected chi connectivity index (χ3v) is 6.09. The van der Waals surface area contributed by atoms with Crippen LogP contribution in [-0.4, -0.2) is 26.1 Å². The van der Waals surface area contributed by atoms with Crippen LogP contribution in [0, 0.1) is 18.8 Å². The summed E-state index contributed by atoms with van der Waals surface area (Å²) in [4.78, 5) is 29.0. The first-order valence-corrected chi connectivity index (χ1v) is 9.73. The van der Waals surface area contributed by atoms with E-state index in [-0.39, 0.29) is 24.1 Å². The molecule has 2 heterocycles. The molecule has 4 rings (SSSR count). The number of aromatic nitrogens is 3. The maximum absolute atomic E-state index is 12.9. The first-order chi connectivity index (χ1) is 13.0. The van der Waals surface area contributed by atoms with Crippen molar-refractivity contribution in [2.75, 3.05) is 0 Å². The third kappa shape index (κ3) is 3.13. The Morgan fingerprint density at radius 3 is 2.85 bits per heavy atom. The molecule has 2 aromatic heterocycles. The molecule has 6 heteroatoms. The first-order valence-electron chi connectivity index (χ1n) is 9.73. The van der Waals surface area contributed by atoms with Crippen LogP contribution in [0.2, 0.25) is 0 Å². The molecule has 1 N–H and O–H groups in total. The molecule has 1 saturated carbocycles. The van der Waals surface area contributed by atoms with Gasteiger partial charge in [0.25, 0.3) is 5.56 Å². The number of carbonyl (C=O) groups excluding carboxylic acids is 1. The van der Waals surface area contributed by atoms with Crippen LogP contribution in [0.25, 0.3) is 16.6 Å². The number of rotatable bonds is 3. The lowest BCUT2D eigenvalue weighted by Crippen LogP contribution is -2.45. The zero-order valence-electron chi connectivity index (χ0n) is 16.1. The number of benzene rings is 1. The molecule has 0 aliphatic heterocycles. The average Bonchev–Trinajstić information content (AvgIpc) is 2.93. The van der Waals surface area contributed by atoms with Crippen molar-refractivity contribution >= 4 is 22.5 Å². The Morgan fingerprint density at radius 2 is 2.04 bits per heavy atom. The van der Waals surface area contributed by atoms with E-state index >= 15 is 0 Å². The molecule has 0 saturated heterocycles. The standard InChI is InChI=1S/C21H26N4O2/c1-13-7-6-9-17(15(13)3)22-20(27)12-24-18-10-5-4-8-16(18)21-23-19(26)11-14(2)25(21)24/h4-5,8,10-11,13,15,17H,6-7,9,12H2,1-3H3,(H,22,27)/t13-,15+,17-/m1/s1. The zero-order chi connectivity index (χ0) is 19.1. The summed E-state index contributed by atoms with van der Waals surface area (Å²) in [6.45, 7) is 6.57. The van der Waals surface area contributed by atoms with Crippen LogP contribution in [0.15, 0.2) is 35.1 Å². The zero-order valence-corrected chi connectivity index (χ0v) is 16.1. The summed E-state index contributed by atoms with van der Waals surface area (Å²) in [5, 5.41) is 4.12. The van der Waals surface area contributed by atoms with Gasteiger partial charge in [-0.2, -0.15) is 4.98 Å². The van der Waals surface area contributed by atoms with Gasteiger partial charge in [-0.3, -0.25) is 14.3 Å². The molecule has 142 valence electrons. The number of hydrogen-bond acceptors (Lipinski definition) is 3. The van der Waals surface area contributed by atoms with E-state index in [2.05, 4.69) is 24.1 Å². The van der Waals surface area contributed by atoms with Crippen LogP contribution in [-0.2, 0) is 11.3 Å². The van der Waals surface area contributed by atoms with Gasteiger partial charge >= 0.3 is 0 Å². The lowest BCUT2D eigenvalue weighted by molar-refractivity contribution is -0.123. The predicted molar refractivity (Wildman–Crippen MR) is 106 cm³/mol. The molecule has 3 atom stereocenters. The number of para-hydroxylation sites is 1. The summed E-state index contributed by atoms with van der Waals surface area (Å²) in [7, 11) is 0. The Balaban J connectivity index is 1.71. The average molecular weight is 366 g/mol. The van der Waals surface area contributed by atoms with Gasteiger partial charge in [-0.25, -0.2) is 4.52 Å². The van der Waals surface area contributed by atoms with Crippen LogP contribution in [0.3, 0.4) is 0 Å². The number of hydrogen-bond donors (Lipinski definition) is 1. The van der Waals surface area contributed by atoms with Crippen LogP contribution in [0.4, 0.5) is 0 Å². The number of fused-ring (bicyclic) bond motifs is 3. The van der Waals surface area contributed by atoms with Crippen molar-refractivity contribution in [2.24, 2.45) is 11.8 Å². The molecule has 27 heavy (non-hydrogen) atoms. The second-order valence-corrected chi connectivity index (χ2v) is 7.89. The molecule has 0 bridgehead atoms. The van der Waals surface area contributed by atoms with Gasteiger partial charge in [0.1, 0.15) is 6.54 Å². The highest BCUT2D eigenvalue weighted by Gasteiger charge is 2.28. The number of nitrogens with zero attached hydrogens (tertiary/aromatic N) is 3. The monoisotopic (exact) mass is 366 g/mol. The van der Waals surface area contributed by atoms with Gasteiger partial charge < -0.3 is 5.32 Å². The molecule has 0 spiro atoms. The molecule has 1 fully saturated rings. The summed E-state index contributed by atoms with van der Waals surface area (Å²) < 4.78 is 3.79. The van der Waals surface area contributed by atoms with Crippen molar-refractivity contribution in [2.45, 2.75) is 52.6 Å². The van der Waals surface area contributed by atoms with Gasteiger partial charge in [0.2, 0.25) is 5.91 Å². The fraction of sp³-hybridized carbons (Fsp3) is 0.476. The molecule has 1 aliphatic carbocycles. The van der Waals surface area contributed by atoms with Crippen LogP contribution < -0.4 is 10.9 Å². The van der Waals surface area contributed by atoms with Crippen LogP contribution >= 0.6 is 0 Å². The first kappa shape index (κ1) is 17.8. The maximum atomic E-state index is 12.9. The Kier molecular flexibility index (Phi) is 4.50. The smallest absolute Gasteiger partial charge is 0.273 e. The highest BCUT2D eigenvalue weighted by atomic mass is 16.2. The number of amides is 1. The van der Waals surface area contributed by atoms with E-state index in [9.17, 15) is 9.59 Å². The summed E-state index contributed by atoms with van der Waals surface area (Å²) >= 11 is 0. The molecule has 1 amide bonds. The molecule has 1 aliphatic rings. The van der Waals surface area contributed by atoms with Gasteiger partial charge in [0.05, 0.1) is 5.52 Å². The lowest BCUT2D eigenvalue weighted by Gasteiger charge is -2.34. The van der Waals surface area contributed by atoms with E-state index in [1.54, 1.807) is 0 Å².